The van der Waals surface area contributed by atoms with Crippen LogP contribution in [-0.2, 0) is 0 Å². The maximum atomic E-state index is 8.78. The van der Waals surface area contributed by atoms with E-state index < -0.39 is 0 Å². The molecule has 83 valence electrons. The highest BCUT2D eigenvalue weighted by Crippen LogP contribution is 2.59. The van der Waals surface area contributed by atoms with E-state index in [1.807, 2.05) is 0 Å². The second kappa shape index (κ2) is 4.42. The van der Waals surface area contributed by atoms with Gasteiger partial charge in [-0.25, -0.2) is 0 Å². The van der Waals surface area contributed by atoms with Crippen molar-refractivity contribution in [2.24, 2.45) is 16.2 Å². The fourth-order valence-electron chi connectivity index (χ4n) is 1.85. The van der Waals surface area contributed by atoms with Crippen LogP contribution >= 0.6 is 67.8 Å². The summed E-state index contributed by atoms with van der Waals surface area (Å²) in [5, 5.41) is 24.0. The maximum Gasteiger partial charge on any atom is 0.121 e. The molecular formula is C8H8I3N2O2. The van der Waals surface area contributed by atoms with E-state index in [0.29, 0.717) is 9.84 Å². The van der Waals surface area contributed by atoms with Crippen LogP contribution < -0.4 is 0 Å². The first kappa shape index (κ1) is 12.6. The topological polar surface area (TPSA) is 65.2 Å². The Hall–Kier alpha value is 1.13. The van der Waals surface area contributed by atoms with Gasteiger partial charge in [0.05, 0.1) is 15.3 Å². The van der Waals surface area contributed by atoms with E-state index in [2.05, 4.69) is 78.1 Å². The van der Waals surface area contributed by atoms with Crippen molar-refractivity contribution in [2.45, 2.75) is 18.2 Å². The van der Waals surface area contributed by atoms with Crippen molar-refractivity contribution >= 4 is 79.2 Å². The van der Waals surface area contributed by atoms with Crippen LogP contribution in [0.2, 0.25) is 0 Å². The number of hydrogen-bond donors (Lipinski definition) is 2. The van der Waals surface area contributed by atoms with Crippen molar-refractivity contribution < 1.29 is 10.4 Å². The van der Waals surface area contributed by atoms with E-state index in [-0.39, 0.29) is 1.43 Å². The van der Waals surface area contributed by atoms with Crippen LogP contribution in [-0.4, -0.2) is 27.2 Å². The average molecular weight is 545 g/mol. The molecule has 0 aliphatic heterocycles. The van der Waals surface area contributed by atoms with Gasteiger partial charge in [-0.15, -0.1) is 0 Å². The van der Waals surface area contributed by atoms with Crippen LogP contribution in [0.15, 0.2) is 10.3 Å². The lowest BCUT2D eigenvalue weighted by Crippen LogP contribution is -2.55. The highest BCUT2D eigenvalue weighted by Gasteiger charge is 2.58. The Balaban J connectivity index is 2.05. The Morgan fingerprint density at radius 3 is 2.33 bits per heavy atom. The number of oxime groups is 2. The molecule has 0 saturated heterocycles. The zero-order valence-electron chi connectivity index (χ0n) is 7.49. The van der Waals surface area contributed by atoms with Crippen LogP contribution in [0, 0.1) is 11.8 Å². The number of nitrogens with zero attached hydrogens (tertiary/aromatic N) is 2. The molecule has 2 atom stereocenters. The summed E-state index contributed by atoms with van der Waals surface area (Å²) in [6.07, 6.45) is 1.62. The summed E-state index contributed by atoms with van der Waals surface area (Å²) in [6, 6.07) is 0. The molecule has 0 aromatic carbocycles. The molecule has 1 radical (unpaired) electrons. The third-order valence-corrected chi connectivity index (χ3v) is 7.14. The summed E-state index contributed by atoms with van der Waals surface area (Å²) in [6.45, 7) is 0. The first-order chi connectivity index (χ1) is 7.02. The Bertz CT molecular complexity index is 343. The largest absolute Gasteiger partial charge is 0.411 e. The minimum absolute atomic E-state index is 0.140. The first-order valence-electron chi connectivity index (χ1n) is 4.32. The van der Waals surface area contributed by atoms with Crippen LogP contribution in [0.25, 0.3) is 0 Å². The normalized spacial score (nSPS) is 40.2. The number of alkyl halides is 3. The highest BCUT2D eigenvalue weighted by atomic mass is 127. The minimum Gasteiger partial charge on any atom is -0.411 e. The third-order valence-electron chi connectivity index (χ3n) is 2.92. The van der Waals surface area contributed by atoms with Crippen molar-refractivity contribution in [3.05, 3.63) is 5.92 Å². The number of hydrogen-bond acceptors (Lipinski definition) is 4. The molecule has 2 saturated carbocycles. The fraction of sp³-hybridized carbons (Fsp3) is 0.625. The lowest BCUT2D eigenvalue weighted by molar-refractivity contribution is 0.303. The van der Waals surface area contributed by atoms with Crippen molar-refractivity contribution in [1.29, 1.82) is 0 Å². The Morgan fingerprint density at radius 2 is 1.93 bits per heavy atom. The van der Waals surface area contributed by atoms with Gasteiger partial charge in [-0.1, -0.05) is 78.1 Å². The highest BCUT2D eigenvalue weighted by molar-refractivity contribution is 14.2. The molecule has 7 heteroatoms. The molecule has 2 aliphatic rings. The molecular weight excluding hydrogens is 537 g/mol. The van der Waals surface area contributed by atoms with Gasteiger partial charge in [-0.2, -0.15) is 0 Å². The van der Waals surface area contributed by atoms with Crippen LogP contribution in [0.1, 0.15) is 12.8 Å². The van der Waals surface area contributed by atoms with Gasteiger partial charge < -0.3 is 10.4 Å². The molecule has 0 spiro atoms. The van der Waals surface area contributed by atoms with Crippen molar-refractivity contribution in [3.63, 3.8) is 0 Å². The SMILES string of the molecule is ON=C1CC([C]2CC(=NO)C2(I)I)C1I. The second-order valence-electron chi connectivity index (χ2n) is 3.63. The minimum atomic E-state index is -0.140. The molecule has 2 rings (SSSR count). The summed E-state index contributed by atoms with van der Waals surface area (Å²) in [5.41, 5.74) is 1.70. The quantitative estimate of drug-likeness (QED) is 0.231. The van der Waals surface area contributed by atoms with E-state index in [0.717, 1.165) is 24.3 Å². The van der Waals surface area contributed by atoms with Crippen molar-refractivity contribution in [2.75, 3.05) is 0 Å². The molecule has 0 aromatic rings. The van der Waals surface area contributed by atoms with Crippen molar-refractivity contribution in [3.8, 4) is 0 Å². The van der Waals surface area contributed by atoms with E-state index >= 15 is 0 Å². The molecule has 0 amide bonds. The second-order valence-corrected chi connectivity index (χ2v) is 10.3. The predicted octanol–water partition coefficient (Wildman–Crippen LogP) is 3.01. The van der Waals surface area contributed by atoms with Gasteiger partial charge in [0.15, 0.2) is 0 Å². The molecule has 0 aromatic heterocycles. The number of rotatable bonds is 1. The summed E-state index contributed by atoms with van der Waals surface area (Å²) in [7, 11) is 0. The fourth-order valence-corrected chi connectivity index (χ4v) is 4.70. The molecule has 2 fully saturated rings. The van der Waals surface area contributed by atoms with Gasteiger partial charge in [-0.3, -0.25) is 0 Å². The van der Waals surface area contributed by atoms with Crippen molar-refractivity contribution in [1.82, 2.24) is 0 Å². The van der Waals surface area contributed by atoms with Gasteiger partial charge in [0, 0.05) is 12.3 Å². The van der Waals surface area contributed by atoms with E-state index in [1.165, 1.54) is 5.92 Å². The average Bonchev–Trinajstić information content (AvgIpc) is 2.20. The van der Waals surface area contributed by atoms with Gasteiger partial charge >= 0.3 is 0 Å². The summed E-state index contributed by atoms with van der Waals surface area (Å²) < 4.78 is 0.158. The van der Waals surface area contributed by atoms with Crippen LogP contribution in [0.4, 0.5) is 0 Å². The van der Waals surface area contributed by atoms with Gasteiger partial charge in [0.1, 0.15) is 1.43 Å². The molecule has 0 bridgehead atoms. The summed E-state index contributed by atoms with van der Waals surface area (Å²) in [4.78, 5) is 0. The zero-order valence-corrected chi connectivity index (χ0v) is 14.0. The summed E-state index contributed by atoms with van der Waals surface area (Å²) in [5.74, 6) is 1.86. The Kier molecular flexibility index (Phi) is 3.71. The monoisotopic (exact) mass is 545 g/mol. The number of halogens is 3. The molecule has 2 aliphatic carbocycles. The lowest BCUT2D eigenvalue weighted by Gasteiger charge is -2.50. The van der Waals surface area contributed by atoms with Gasteiger partial charge in [0.2, 0.25) is 0 Å². The van der Waals surface area contributed by atoms with Crippen LogP contribution in [0.3, 0.4) is 0 Å². The molecule has 0 heterocycles. The zero-order chi connectivity index (χ0) is 11.2. The Morgan fingerprint density at radius 1 is 1.27 bits per heavy atom. The van der Waals surface area contributed by atoms with Crippen LogP contribution in [0.5, 0.6) is 0 Å². The standard InChI is InChI=1S/C8H8I3N2O2/c9-7-3(1-5(7)12-14)4-2-6(13-15)8(4,10)11/h3,7,14-15H,1-2H2. The molecule has 4 nitrogen and oxygen atoms in total. The van der Waals surface area contributed by atoms with Gasteiger partial charge in [0.25, 0.3) is 0 Å². The van der Waals surface area contributed by atoms with Gasteiger partial charge in [-0.05, 0) is 12.3 Å². The molecule has 15 heavy (non-hydrogen) atoms. The maximum absolute atomic E-state index is 8.78. The van der Waals surface area contributed by atoms with E-state index in [1.54, 1.807) is 0 Å². The Labute approximate surface area is 128 Å². The first-order valence-corrected chi connectivity index (χ1v) is 7.73. The molecule has 2 N–H and O–H groups in total. The summed E-state index contributed by atoms with van der Waals surface area (Å²) >= 11 is 6.92. The smallest absolute Gasteiger partial charge is 0.121 e. The van der Waals surface area contributed by atoms with E-state index in [4.69, 9.17) is 10.4 Å². The third kappa shape index (κ3) is 1.89. The molecule has 2 unspecified atom stereocenters. The lowest BCUT2D eigenvalue weighted by atomic mass is 9.65. The predicted molar refractivity (Wildman–Crippen MR) is 83.0 cm³/mol. The van der Waals surface area contributed by atoms with E-state index in [9.17, 15) is 0 Å².